The Bertz CT molecular complexity index is 835. The fraction of sp³-hybridized carbons (Fsp3) is 0.294. The highest BCUT2D eigenvalue weighted by Crippen LogP contribution is 2.21. The lowest BCUT2D eigenvalue weighted by atomic mass is 10.1. The summed E-state index contributed by atoms with van der Waals surface area (Å²) in [6.45, 7) is 0.576. The van der Waals surface area contributed by atoms with Gasteiger partial charge in [-0.1, -0.05) is 28.9 Å². The summed E-state index contributed by atoms with van der Waals surface area (Å²) in [6.07, 6.45) is 3.30. The van der Waals surface area contributed by atoms with Gasteiger partial charge in [-0.3, -0.25) is 19.2 Å². The van der Waals surface area contributed by atoms with Crippen LogP contribution in [0.15, 0.2) is 41.7 Å². The number of hydrogen-bond acceptors (Lipinski definition) is 5. The molecule has 136 valence electrons. The van der Waals surface area contributed by atoms with Crippen molar-refractivity contribution in [2.75, 3.05) is 16.8 Å². The molecule has 0 radical (unpaired) electrons. The number of nitrogens with one attached hydrogen (secondary N) is 1. The molecule has 1 aliphatic rings. The minimum atomic E-state index is -0.741. The van der Waals surface area contributed by atoms with Gasteiger partial charge in [-0.2, -0.15) is 5.10 Å². The van der Waals surface area contributed by atoms with E-state index < -0.39 is 12.0 Å². The second-order valence-corrected chi connectivity index (χ2v) is 6.18. The van der Waals surface area contributed by atoms with Crippen LogP contribution in [0.1, 0.15) is 12.8 Å². The molecule has 9 heteroatoms. The van der Waals surface area contributed by atoms with Crippen LogP contribution >= 0.6 is 11.6 Å². The van der Waals surface area contributed by atoms with E-state index in [0.717, 1.165) is 12.6 Å². The van der Waals surface area contributed by atoms with Crippen molar-refractivity contribution in [3.05, 3.63) is 41.6 Å². The zero-order valence-electron chi connectivity index (χ0n) is 14.1. The van der Waals surface area contributed by atoms with Crippen LogP contribution in [-0.4, -0.2) is 40.5 Å². The van der Waals surface area contributed by atoms with Gasteiger partial charge in [0.15, 0.2) is 5.82 Å². The van der Waals surface area contributed by atoms with Gasteiger partial charge in [0.05, 0.1) is 10.7 Å². The third kappa shape index (κ3) is 4.20. The fourth-order valence-corrected chi connectivity index (χ4v) is 2.78. The lowest BCUT2D eigenvalue weighted by molar-refractivity contribution is -0.132. The number of aryl methyl sites for hydroxylation is 1. The molecule has 1 aromatic heterocycles. The Morgan fingerprint density at radius 3 is 2.96 bits per heavy atom. The van der Waals surface area contributed by atoms with E-state index in [1.807, 2.05) is 0 Å². The maximum absolute atomic E-state index is 12.5. The highest BCUT2D eigenvalue weighted by Gasteiger charge is 2.32. The summed E-state index contributed by atoms with van der Waals surface area (Å²) in [6, 6.07) is 8.61. The molecule has 26 heavy (non-hydrogen) atoms. The second kappa shape index (κ2) is 8.01. The smallest absolute Gasteiger partial charge is 0.272 e. The molecule has 0 aliphatic carbocycles. The van der Waals surface area contributed by atoms with Crippen molar-refractivity contribution in [2.45, 2.75) is 18.9 Å². The first-order chi connectivity index (χ1) is 12.5. The minimum Gasteiger partial charge on any atom is -0.382 e. The number of nitrogens with zero attached hydrogens (tertiary/aromatic N) is 4. The molecule has 1 unspecified atom stereocenters. The zero-order valence-corrected chi connectivity index (χ0v) is 14.9. The number of hydrogen-bond donors (Lipinski definition) is 1. The van der Waals surface area contributed by atoms with Gasteiger partial charge < -0.3 is 10.2 Å². The molecule has 1 atom stereocenters. The van der Waals surface area contributed by atoms with E-state index in [1.54, 1.807) is 53.2 Å². The molecular weight excluding hydrogens is 358 g/mol. The van der Waals surface area contributed by atoms with Crippen LogP contribution in [0.5, 0.6) is 0 Å². The summed E-state index contributed by atoms with van der Waals surface area (Å²) in [7, 11) is 1.79. The topological polar surface area (TPSA) is 88.8 Å². The molecule has 8 nitrogen and oxygen atoms in total. The van der Waals surface area contributed by atoms with E-state index in [1.165, 1.54) is 0 Å². The van der Waals surface area contributed by atoms with Crippen molar-refractivity contribution in [2.24, 2.45) is 12.2 Å². The Balaban J connectivity index is 1.56. The Morgan fingerprint density at radius 1 is 1.42 bits per heavy atom. The van der Waals surface area contributed by atoms with Crippen molar-refractivity contribution in [1.82, 2.24) is 9.78 Å². The number of piperidine rings is 1. The van der Waals surface area contributed by atoms with E-state index >= 15 is 0 Å². The number of benzene rings is 1. The van der Waals surface area contributed by atoms with Crippen LogP contribution in [0.3, 0.4) is 0 Å². The zero-order chi connectivity index (χ0) is 18.5. The molecule has 2 heterocycles. The molecular formula is C17H18ClN5O3. The van der Waals surface area contributed by atoms with E-state index in [0.29, 0.717) is 29.5 Å². The van der Waals surface area contributed by atoms with Crippen molar-refractivity contribution >= 4 is 41.1 Å². The first-order valence-electron chi connectivity index (χ1n) is 8.10. The number of halogens is 1. The maximum Gasteiger partial charge on any atom is 0.272 e. The summed E-state index contributed by atoms with van der Waals surface area (Å²) in [5, 5.41) is 10.9. The van der Waals surface area contributed by atoms with Gasteiger partial charge in [0, 0.05) is 25.9 Å². The molecule has 1 fully saturated rings. The summed E-state index contributed by atoms with van der Waals surface area (Å²) < 4.78 is 1.63. The molecule has 2 amide bonds. The van der Waals surface area contributed by atoms with Crippen LogP contribution in [0, 0.1) is 0 Å². The summed E-state index contributed by atoms with van der Waals surface area (Å²) in [5.41, 5.74) is 0.473. The minimum absolute atomic E-state index is 0.224. The average molecular weight is 376 g/mol. The van der Waals surface area contributed by atoms with Gasteiger partial charge in [-0.05, 0) is 25.0 Å². The van der Waals surface area contributed by atoms with Crippen LogP contribution < -0.4 is 10.2 Å². The van der Waals surface area contributed by atoms with Gasteiger partial charge in [-0.15, -0.1) is 0 Å². The first-order valence-corrected chi connectivity index (χ1v) is 8.48. The van der Waals surface area contributed by atoms with Crippen molar-refractivity contribution in [3.8, 4) is 0 Å². The molecule has 3 rings (SSSR count). The number of aromatic nitrogens is 2. The van der Waals surface area contributed by atoms with Crippen LogP contribution in [0.4, 0.5) is 11.5 Å². The van der Waals surface area contributed by atoms with Gasteiger partial charge in [0.2, 0.25) is 6.10 Å². The second-order valence-electron chi connectivity index (χ2n) is 5.78. The number of rotatable bonds is 5. The Morgan fingerprint density at radius 2 is 2.23 bits per heavy atom. The van der Waals surface area contributed by atoms with Gasteiger partial charge in [0.1, 0.15) is 6.21 Å². The monoisotopic (exact) mass is 375 g/mol. The molecule has 1 N–H and O–H groups in total. The Kier molecular flexibility index (Phi) is 5.52. The Labute approximate surface area is 155 Å². The van der Waals surface area contributed by atoms with Gasteiger partial charge in [-0.25, -0.2) is 0 Å². The van der Waals surface area contributed by atoms with Gasteiger partial charge >= 0.3 is 0 Å². The average Bonchev–Trinajstić information content (AvgIpc) is 3.05. The highest BCUT2D eigenvalue weighted by molar-refractivity contribution is 6.36. The molecule has 0 bridgehead atoms. The van der Waals surface area contributed by atoms with Crippen LogP contribution in [-0.2, 0) is 21.5 Å². The summed E-state index contributed by atoms with van der Waals surface area (Å²) >= 11 is 5.97. The largest absolute Gasteiger partial charge is 0.382 e. The summed E-state index contributed by atoms with van der Waals surface area (Å²) in [5.74, 6) is -0.146. The van der Waals surface area contributed by atoms with E-state index in [2.05, 4.69) is 15.6 Å². The predicted octanol–water partition coefficient (Wildman–Crippen LogP) is 2.21. The molecule has 1 aromatic carbocycles. The van der Waals surface area contributed by atoms with E-state index in [4.69, 9.17) is 16.4 Å². The van der Waals surface area contributed by atoms with Crippen LogP contribution in [0.2, 0.25) is 5.02 Å². The SMILES string of the molecule is Cn1ccc(N2CCCC(ON=CC(=O)Nc3ccccc3Cl)C2=O)n1. The Hall–Kier alpha value is -2.87. The number of carbonyl (C=O) groups is 2. The molecule has 2 aromatic rings. The number of para-hydroxylation sites is 1. The fourth-order valence-electron chi connectivity index (χ4n) is 2.59. The molecule has 1 aliphatic heterocycles. The van der Waals surface area contributed by atoms with E-state index in [9.17, 15) is 9.59 Å². The van der Waals surface area contributed by atoms with Crippen LogP contribution in [0.25, 0.3) is 0 Å². The maximum atomic E-state index is 12.5. The number of carbonyl (C=O) groups excluding carboxylic acids is 2. The van der Waals surface area contributed by atoms with E-state index in [-0.39, 0.29) is 5.91 Å². The van der Waals surface area contributed by atoms with Crippen molar-refractivity contribution in [1.29, 1.82) is 0 Å². The number of amides is 2. The first kappa shape index (κ1) is 17.9. The molecule has 1 saturated heterocycles. The normalized spacial score (nSPS) is 17.5. The highest BCUT2D eigenvalue weighted by atomic mass is 35.5. The van der Waals surface area contributed by atoms with Gasteiger partial charge in [0.25, 0.3) is 11.8 Å². The lowest BCUT2D eigenvalue weighted by Gasteiger charge is -2.29. The molecule has 0 saturated carbocycles. The lowest BCUT2D eigenvalue weighted by Crippen LogP contribution is -2.45. The third-order valence-corrected chi connectivity index (χ3v) is 4.18. The van der Waals surface area contributed by atoms with Crippen molar-refractivity contribution in [3.63, 3.8) is 0 Å². The standard InChI is InChI=1S/C17H18ClN5O3/c1-22-10-8-15(21-22)23-9-4-7-14(17(23)25)26-19-11-16(24)20-13-6-3-2-5-12(13)18/h2-3,5-6,8,10-11,14H,4,7,9H2,1H3,(H,20,24). The number of oxime groups is 1. The summed E-state index contributed by atoms with van der Waals surface area (Å²) in [4.78, 5) is 31.2. The number of anilines is 2. The molecule has 0 spiro atoms. The third-order valence-electron chi connectivity index (χ3n) is 3.86. The quantitative estimate of drug-likeness (QED) is 0.641. The van der Waals surface area contributed by atoms with Crippen molar-refractivity contribution < 1.29 is 14.4 Å². The predicted molar refractivity (Wildman–Crippen MR) is 98.2 cm³/mol.